The molecule has 1 aliphatic rings. The molecule has 3 aromatic rings. The van der Waals surface area contributed by atoms with Crippen LogP contribution < -0.4 is 4.90 Å². The van der Waals surface area contributed by atoms with E-state index in [0.717, 1.165) is 15.6 Å². The summed E-state index contributed by atoms with van der Waals surface area (Å²) in [6, 6.07) is 1.35. The number of fused-ring (bicyclic) bond motifs is 3. The number of hydrogen-bond donors (Lipinski definition) is 0. The summed E-state index contributed by atoms with van der Waals surface area (Å²) in [6.07, 6.45) is -2.11. The Morgan fingerprint density at radius 2 is 1.97 bits per heavy atom. The molecule has 1 unspecified atom stereocenters. The number of anilines is 1. The molecule has 0 aliphatic carbocycles. The number of hydrogen-bond acceptors (Lipinski definition) is 5. The van der Waals surface area contributed by atoms with Gasteiger partial charge in [0.25, 0.3) is 0 Å². The molecule has 0 bridgehead atoms. The van der Waals surface area contributed by atoms with Crippen LogP contribution in [0.2, 0.25) is 5.15 Å². The van der Waals surface area contributed by atoms with Gasteiger partial charge >= 0.3 is 12.3 Å². The predicted octanol–water partition coefficient (Wildman–Crippen LogP) is 3.72. The van der Waals surface area contributed by atoms with Gasteiger partial charge in [-0.15, -0.1) is 0 Å². The van der Waals surface area contributed by atoms with E-state index >= 15 is 0 Å². The molecule has 1 amide bonds. The largest absolute Gasteiger partial charge is 0.443 e. The van der Waals surface area contributed by atoms with Gasteiger partial charge in [0.05, 0.1) is 30.3 Å². The third kappa shape index (κ3) is 2.99. The summed E-state index contributed by atoms with van der Waals surface area (Å²) in [5.74, 6) is 0. The zero-order valence-corrected chi connectivity index (χ0v) is 17.3. The molecule has 0 saturated heterocycles. The highest BCUT2D eigenvalue weighted by Crippen LogP contribution is 2.54. The third-order valence-electron chi connectivity index (χ3n) is 4.82. The fourth-order valence-corrected chi connectivity index (χ4v) is 3.80. The van der Waals surface area contributed by atoms with Crippen LogP contribution in [0.1, 0.15) is 32.0 Å². The second-order valence-electron chi connectivity index (χ2n) is 8.10. The minimum atomic E-state index is -4.80. The zero-order valence-electron chi connectivity index (χ0n) is 16.5. The molecule has 8 nitrogen and oxygen atoms in total. The fourth-order valence-electron chi connectivity index (χ4n) is 3.63. The molecule has 0 radical (unpaired) electrons. The first-order chi connectivity index (χ1) is 13.8. The smallest absolute Gasteiger partial charge is 0.414 e. The van der Waals surface area contributed by atoms with E-state index in [-0.39, 0.29) is 27.7 Å². The van der Waals surface area contributed by atoms with Gasteiger partial charge in [0.15, 0.2) is 16.2 Å². The molecule has 0 saturated carbocycles. The molecular weight excluding hydrogens is 425 g/mol. The molecule has 1 aliphatic heterocycles. The molecule has 30 heavy (non-hydrogen) atoms. The van der Waals surface area contributed by atoms with Gasteiger partial charge in [0.1, 0.15) is 5.60 Å². The highest BCUT2D eigenvalue weighted by atomic mass is 35.5. The van der Waals surface area contributed by atoms with Crippen molar-refractivity contribution in [2.75, 3.05) is 11.4 Å². The summed E-state index contributed by atoms with van der Waals surface area (Å²) >= 11 is 5.95. The predicted molar refractivity (Wildman–Crippen MR) is 102 cm³/mol. The lowest BCUT2D eigenvalue weighted by molar-refractivity contribution is -0.174. The number of aryl methyl sites for hydroxylation is 1. The van der Waals surface area contributed by atoms with Crippen molar-refractivity contribution in [3.8, 4) is 0 Å². The van der Waals surface area contributed by atoms with Crippen molar-refractivity contribution >= 4 is 29.0 Å². The highest BCUT2D eigenvalue weighted by Gasteiger charge is 2.65. The minimum absolute atomic E-state index is 0.0196. The van der Waals surface area contributed by atoms with E-state index in [9.17, 15) is 18.0 Å². The number of rotatable bonds is 1. The third-order valence-corrected chi connectivity index (χ3v) is 5.00. The van der Waals surface area contributed by atoms with E-state index < -0.39 is 29.8 Å². The van der Waals surface area contributed by atoms with E-state index in [1.807, 2.05) is 0 Å². The zero-order chi connectivity index (χ0) is 22.1. The van der Waals surface area contributed by atoms with Crippen molar-refractivity contribution < 1.29 is 22.7 Å². The normalized spacial score (nSPS) is 19.4. The van der Waals surface area contributed by atoms with Gasteiger partial charge in [-0.3, -0.25) is 9.58 Å². The van der Waals surface area contributed by atoms with Crippen molar-refractivity contribution in [3.05, 3.63) is 41.1 Å². The van der Waals surface area contributed by atoms with Gasteiger partial charge in [-0.25, -0.2) is 14.3 Å². The van der Waals surface area contributed by atoms with Crippen LogP contribution in [0.5, 0.6) is 0 Å². The van der Waals surface area contributed by atoms with Crippen LogP contribution in [0.15, 0.2) is 24.7 Å². The maximum Gasteiger partial charge on any atom is 0.414 e. The molecule has 3 aromatic heterocycles. The lowest BCUT2D eigenvalue weighted by Crippen LogP contribution is -2.49. The van der Waals surface area contributed by atoms with Gasteiger partial charge < -0.3 is 4.74 Å². The monoisotopic (exact) mass is 442 g/mol. The van der Waals surface area contributed by atoms with E-state index in [1.165, 1.54) is 30.2 Å². The number of carbonyl (C=O) groups excluding carboxylic acids is 1. The Hall–Kier alpha value is -2.82. The van der Waals surface area contributed by atoms with Gasteiger partial charge in [-0.2, -0.15) is 23.4 Å². The Bertz CT molecular complexity index is 1150. The number of nitrogens with zero attached hydrogens (tertiary/aromatic N) is 6. The number of halogens is 4. The van der Waals surface area contributed by atoms with Crippen molar-refractivity contribution in [2.24, 2.45) is 7.05 Å². The average Bonchev–Trinajstić information content (AvgIpc) is 3.26. The van der Waals surface area contributed by atoms with Crippen LogP contribution >= 0.6 is 11.6 Å². The van der Waals surface area contributed by atoms with Crippen LogP contribution in [-0.2, 0) is 17.2 Å². The van der Waals surface area contributed by atoms with Crippen molar-refractivity contribution in [1.29, 1.82) is 0 Å². The van der Waals surface area contributed by atoms with Crippen LogP contribution in [0.3, 0.4) is 0 Å². The molecule has 0 N–H and O–H groups in total. The second kappa shape index (κ2) is 6.34. The molecule has 160 valence electrons. The molecule has 0 fully saturated rings. The summed E-state index contributed by atoms with van der Waals surface area (Å²) < 4.78 is 52.0. The molecule has 0 aromatic carbocycles. The number of carbonyl (C=O) groups is 1. The Balaban J connectivity index is 2.04. The number of aromatic nitrogens is 5. The first kappa shape index (κ1) is 20.5. The van der Waals surface area contributed by atoms with Gasteiger partial charge in [0, 0.05) is 24.9 Å². The maximum absolute atomic E-state index is 14.8. The Labute approximate surface area is 174 Å². The molecule has 12 heteroatoms. The maximum atomic E-state index is 14.8. The standard InChI is InChI=1S/C18H18ClF3N6O2/c1-16(2,3)30-15(29)27-9-17(18(20,21)22,10-6-24-26(4)8-10)14-11(27)7-23-13-5-12(19)25-28(13)14/h5-8H,9H2,1-4H3. The van der Waals surface area contributed by atoms with Gasteiger partial charge in [-0.1, -0.05) is 11.6 Å². The average molecular weight is 443 g/mol. The second-order valence-corrected chi connectivity index (χ2v) is 8.49. The Kier molecular flexibility index (Phi) is 4.32. The minimum Gasteiger partial charge on any atom is -0.443 e. The van der Waals surface area contributed by atoms with Crippen molar-refractivity contribution in [3.63, 3.8) is 0 Å². The molecule has 4 rings (SSSR count). The van der Waals surface area contributed by atoms with Crippen molar-refractivity contribution in [2.45, 2.75) is 38.0 Å². The van der Waals surface area contributed by atoms with E-state index in [0.29, 0.717) is 0 Å². The summed E-state index contributed by atoms with van der Waals surface area (Å²) in [5.41, 5.74) is -3.85. The molecule has 1 atom stereocenters. The van der Waals surface area contributed by atoms with Crippen LogP contribution in [-0.4, -0.2) is 48.8 Å². The number of ether oxygens (including phenoxy) is 1. The lowest BCUT2D eigenvalue weighted by atomic mass is 9.79. The summed E-state index contributed by atoms with van der Waals surface area (Å²) in [6.45, 7) is 4.16. The highest BCUT2D eigenvalue weighted by molar-refractivity contribution is 6.29. The van der Waals surface area contributed by atoms with Crippen molar-refractivity contribution in [1.82, 2.24) is 24.4 Å². The summed E-state index contributed by atoms with van der Waals surface area (Å²) in [4.78, 5) is 17.9. The quantitative estimate of drug-likeness (QED) is 0.574. The van der Waals surface area contributed by atoms with Gasteiger partial charge in [0.2, 0.25) is 0 Å². The SMILES string of the molecule is Cn1cc(C2(C(F)(F)F)CN(C(=O)OC(C)(C)C)c3cnc4cc(Cl)nn4c32)cn1. The van der Waals surface area contributed by atoms with E-state index in [4.69, 9.17) is 16.3 Å². The number of alkyl halides is 3. The molecule has 4 heterocycles. The first-order valence-corrected chi connectivity index (χ1v) is 9.32. The van der Waals surface area contributed by atoms with E-state index in [2.05, 4.69) is 15.2 Å². The first-order valence-electron chi connectivity index (χ1n) is 8.94. The molecule has 0 spiro atoms. The number of amides is 1. The summed E-state index contributed by atoms with van der Waals surface area (Å²) in [7, 11) is 1.52. The van der Waals surface area contributed by atoms with Crippen LogP contribution in [0.4, 0.5) is 23.7 Å². The Morgan fingerprint density at radius 1 is 1.27 bits per heavy atom. The van der Waals surface area contributed by atoms with Gasteiger partial charge in [-0.05, 0) is 20.8 Å². The van der Waals surface area contributed by atoms with E-state index in [1.54, 1.807) is 20.8 Å². The summed E-state index contributed by atoms with van der Waals surface area (Å²) in [5, 5.41) is 7.91. The Morgan fingerprint density at radius 3 is 2.53 bits per heavy atom. The molecular formula is C18H18ClF3N6O2. The fraction of sp³-hybridized carbons (Fsp3) is 0.444. The van der Waals surface area contributed by atoms with Crippen LogP contribution in [0, 0.1) is 0 Å². The topological polar surface area (TPSA) is 77.5 Å². The lowest BCUT2D eigenvalue weighted by Gasteiger charge is -2.32. The van der Waals surface area contributed by atoms with Crippen LogP contribution in [0.25, 0.3) is 5.65 Å².